The normalized spacial score (nSPS) is 13.5. The van der Waals surface area contributed by atoms with Gasteiger partial charge in [-0.05, 0) is 95.4 Å². The Morgan fingerprint density at radius 3 is 1.61 bits per heavy atom. The molecule has 0 bridgehead atoms. The summed E-state index contributed by atoms with van der Waals surface area (Å²) in [4.78, 5) is 0. The largest absolute Gasteiger partial charge is 0.383 e. The Hall–Kier alpha value is -2.16. The molecular formula is C38H71F2N. The Morgan fingerprint density at radius 1 is 1.00 bits per heavy atom. The molecule has 0 aromatic heterocycles. The summed E-state index contributed by atoms with van der Waals surface area (Å²) in [5, 5.41) is 3.30. The van der Waals surface area contributed by atoms with Crippen LogP contribution in [0.15, 0.2) is 72.7 Å². The van der Waals surface area contributed by atoms with Crippen LogP contribution in [0.25, 0.3) is 0 Å². The van der Waals surface area contributed by atoms with E-state index in [2.05, 4.69) is 83.9 Å². The molecule has 0 heterocycles. The maximum atomic E-state index is 12.7. The van der Waals surface area contributed by atoms with Crippen LogP contribution < -0.4 is 5.32 Å². The van der Waals surface area contributed by atoms with Crippen LogP contribution in [0.2, 0.25) is 0 Å². The predicted octanol–water partition coefficient (Wildman–Crippen LogP) is 13.8. The van der Waals surface area contributed by atoms with E-state index in [1.165, 1.54) is 30.4 Å². The molecule has 2 rings (SSSR count). The molecule has 0 saturated heterocycles. The van der Waals surface area contributed by atoms with Crippen molar-refractivity contribution in [2.75, 3.05) is 0 Å². The zero-order valence-electron chi connectivity index (χ0n) is 28.9. The zero-order chi connectivity index (χ0) is 32.3. The Labute approximate surface area is 257 Å². The van der Waals surface area contributed by atoms with E-state index in [9.17, 15) is 8.78 Å². The highest BCUT2D eigenvalue weighted by atomic mass is 19.1. The summed E-state index contributed by atoms with van der Waals surface area (Å²) in [7, 11) is 0. The zero-order valence-corrected chi connectivity index (χ0v) is 28.9. The number of aryl methyl sites for hydroxylation is 1. The molecule has 1 aliphatic rings. The second kappa shape index (κ2) is 30.8. The van der Waals surface area contributed by atoms with Crippen LogP contribution in [-0.2, 0) is 6.42 Å². The summed E-state index contributed by atoms with van der Waals surface area (Å²) >= 11 is 0. The standard InChI is InChI=1S/C13H19N.C8H13F.C7H16.C4H7F.C3H6.C2H6.CH4/c1-5-12-6-8-13(9-7-12)11(4)14-10(2)3;1-5-7(4)8(9)6(2)3;1-4-6-7(3)5-2;1-4(5)2-3-4;1-3-2;1-2;/h6-9,11,14H,2,5H2,1,3-4H3;2,5H2,1,3-4H3;7H,4-6H2,1-3H3;2-3H2,1H3;3H,1H2,2H3;1-2H3;1H4/b;8-7-;;;;;. The van der Waals surface area contributed by atoms with Gasteiger partial charge in [0, 0.05) is 11.7 Å². The average molecular weight is 580 g/mol. The van der Waals surface area contributed by atoms with E-state index in [-0.39, 0.29) is 13.3 Å². The van der Waals surface area contributed by atoms with Crippen LogP contribution in [0, 0.1) is 5.92 Å². The number of allylic oxidation sites excluding steroid dienone is 5. The third-order valence-electron chi connectivity index (χ3n) is 6.05. The first kappa shape index (κ1) is 48.6. The maximum absolute atomic E-state index is 12.7. The topological polar surface area (TPSA) is 12.0 Å². The summed E-state index contributed by atoms with van der Waals surface area (Å²) in [6, 6.07) is 9.08. The van der Waals surface area contributed by atoms with Crippen LogP contribution in [0.4, 0.5) is 8.78 Å². The number of benzene rings is 1. The number of rotatable bonds is 9. The van der Waals surface area contributed by atoms with Crippen molar-refractivity contribution in [3.8, 4) is 0 Å². The van der Waals surface area contributed by atoms with Crippen molar-refractivity contribution in [1.29, 1.82) is 0 Å². The molecule has 242 valence electrons. The molecule has 1 aromatic carbocycles. The minimum absolute atomic E-state index is 0. The molecule has 1 nitrogen and oxygen atoms in total. The monoisotopic (exact) mass is 580 g/mol. The second-order valence-corrected chi connectivity index (χ2v) is 10.6. The summed E-state index contributed by atoms with van der Waals surface area (Å²) in [5.41, 5.74) is 4.26. The number of alkyl halides is 1. The number of hydrogen-bond donors (Lipinski definition) is 1. The van der Waals surface area contributed by atoms with Crippen molar-refractivity contribution < 1.29 is 8.78 Å². The van der Waals surface area contributed by atoms with Gasteiger partial charge in [0.1, 0.15) is 11.5 Å². The fourth-order valence-electron chi connectivity index (χ4n) is 2.88. The summed E-state index contributed by atoms with van der Waals surface area (Å²) in [6.45, 7) is 36.7. The van der Waals surface area contributed by atoms with Gasteiger partial charge in [0.25, 0.3) is 0 Å². The fourth-order valence-corrected chi connectivity index (χ4v) is 2.88. The third-order valence-corrected chi connectivity index (χ3v) is 6.05. The number of hydrogen-bond acceptors (Lipinski definition) is 1. The molecule has 41 heavy (non-hydrogen) atoms. The SMILES string of the molecule is C.C=C(C)/C(F)=C(\C)CC.C=C(C)NC(C)c1ccc(CC)cc1.C=CC.CC.CC1(F)CC1.CCCC(C)CC. The lowest BCUT2D eigenvalue weighted by Crippen LogP contribution is -2.15. The quantitative estimate of drug-likeness (QED) is 0.227. The van der Waals surface area contributed by atoms with Gasteiger partial charge in [-0.25, -0.2) is 8.78 Å². The minimum atomic E-state index is -0.750. The Balaban J connectivity index is -0.000000139. The lowest BCUT2D eigenvalue weighted by Gasteiger charge is -2.15. The molecule has 2 atom stereocenters. The van der Waals surface area contributed by atoms with Crippen molar-refractivity contribution in [2.45, 2.75) is 154 Å². The first-order valence-electron chi connectivity index (χ1n) is 15.4. The summed E-state index contributed by atoms with van der Waals surface area (Å²) in [5.74, 6) is 0.808. The third kappa shape index (κ3) is 33.9. The van der Waals surface area contributed by atoms with Gasteiger partial charge >= 0.3 is 0 Å². The van der Waals surface area contributed by atoms with Gasteiger partial charge in [0.05, 0.1) is 0 Å². The predicted molar refractivity (Wildman–Crippen MR) is 188 cm³/mol. The smallest absolute Gasteiger partial charge is 0.124 e. The van der Waals surface area contributed by atoms with Crippen molar-refractivity contribution in [3.63, 3.8) is 0 Å². The van der Waals surface area contributed by atoms with Gasteiger partial charge in [-0.3, -0.25) is 0 Å². The molecule has 1 aromatic rings. The molecular weight excluding hydrogens is 508 g/mol. The van der Waals surface area contributed by atoms with E-state index >= 15 is 0 Å². The molecule has 1 fully saturated rings. The van der Waals surface area contributed by atoms with Gasteiger partial charge in [-0.2, -0.15) is 0 Å². The van der Waals surface area contributed by atoms with Crippen LogP contribution >= 0.6 is 0 Å². The van der Waals surface area contributed by atoms with Gasteiger partial charge in [-0.15, -0.1) is 6.58 Å². The van der Waals surface area contributed by atoms with Crippen molar-refractivity contribution in [1.82, 2.24) is 5.32 Å². The van der Waals surface area contributed by atoms with E-state index in [1.807, 2.05) is 34.6 Å². The van der Waals surface area contributed by atoms with Crippen molar-refractivity contribution in [2.24, 2.45) is 5.92 Å². The highest BCUT2D eigenvalue weighted by molar-refractivity contribution is 5.25. The van der Waals surface area contributed by atoms with Crippen LogP contribution in [-0.4, -0.2) is 5.67 Å². The molecule has 0 radical (unpaired) electrons. The second-order valence-electron chi connectivity index (χ2n) is 10.6. The molecule has 0 spiro atoms. The number of halogens is 2. The van der Waals surface area contributed by atoms with Crippen molar-refractivity contribution >= 4 is 0 Å². The van der Waals surface area contributed by atoms with Gasteiger partial charge in [0.15, 0.2) is 0 Å². The van der Waals surface area contributed by atoms with E-state index < -0.39 is 5.67 Å². The average Bonchev–Trinajstić information content (AvgIpc) is 3.63. The first-order chi connectivity index (χ1) is 18.7. The van der Waals surface area contributed by atoms with Gasteiger partial charge < -0.3 is 5.32 Å². The Bertz CT molecular complexity index is 781. The molecule has 0 aliphatic heterocycles. The van der Waals surface area contributed by atoms with E-state index in [0.717, 1.165) is 42.9 Å². The van der Waals surface area contributed by atoms with Crippen LogP contribution in [0.5, 0.6) is 0 Å². The fraction of sp³-hybridized carbons (Fsp3) is 0.632. The highest BCUT2D eigenvalue weighted by Gasteiger charge is 2.36. The molecule has 0 amide bonds. The maximum Gasteiger partial charge on any atom is 0.124 e. The van der Waals surface area contributed by atoms with E-state index in [4.69, 9.17) is 0 Å². The number of nitrogens with one attached hydrogen (secondary N) is 1. The van der Waals surface area contributed by atoms with E-state index in [0.29, 0.717) is 11.6 Å². The van der Waals surface area contributed by atoms with Gasteiger partial charge in [-0.1, -0.05) is 119 Å². The van der Waals surface area contributed by atoms with Crippen LogP contribution in [0.1, 0.15) is 153 Å². The molecule has 3 heteroatoms. The lowest BCUT2D eigenvalue weighted by atomic mass is 10.0. The lowest BCUT2D eigenvalue weighted by molar-refractivity contribution is 0.339. The molecule has 2 unspecified atom stereocenters. The first-order valence-corrected chi connectivity index (χ1v) is 15.4. The van der Waals surface area contributed by atoms with Crippen molar-refractivity contribution in [3.05, 3.63) is 83.9 Å². The van der Waals surface area contributed by atoms with Crippen LogP contribution in [0.3, 0.4) is 0 Å². The molecule has 1 aliphatic carbocycles. The van der Waals surface area contributed by atoms with E-state index in [1.54, 1.807) is 26.8 Å². The molecule has 1 saturated carbocycles. The molecule has 1 N–H and O–H groups in total. The highest BCUT2D eigenvalue weighted by Crippen LogP contribution is 2.38. The summed E-state index contributed by atoms with van der Waals surface area (Å²) < 4.78 is 24.5. The Morgan fingerprint density at radius 2 is 1.41 bits per heavy atom. The Kier molecular flexibility index (Phi) is 36.5. The summed E-state index contributed by atoms with van der Waals surface area (Å²) in [6.07, 6.45) is 9.26. The minimum Gasteiger partial charge on any atom is -0.383 e. The van der Waals surface area contributed by atoms with Gasteiger partial charge in [0.2, 0.25) is 0 Å².